The van der Waals surface area contributed by atoms with E-state index < -0.39 is 0 Å². The summed E-state index contributed by atoms with van der Waals surface area (Å²) in [5, 5.41) is 3.33. The van der Waals surface area contributed by atoms with E-state index in [1.54, 1.807) is 12.4 Å². The first-order chi connectivity index (χ1) is 13.2. The summed E-state index contributed by atoms with van der Waals surface area (Å²) in [4.78, 5) is 13.0. The fourth-order valence-electron chi connectivity index (χ4n) is 3.34. The van der Waals surface area contributed by atoms with Crippen LogP contribution in [0.1, 0.15) is 5.56 Å². The zero-order valence-electron chi connectivity index (χ0n) is 15.3. The molecule has 1 saturated heterocycles. The number of nitrogens with zero attached hydrogens (tertiary/aromatic N) is 4. The Morgan fingerprint density at radius 2 is 1.67 bits per heavy atom. The van der Waals surface area contributed by atoms with Crippen LogP contribution in [0.2, 0.25) is 0 Å². The Morgan fingerprint density at radius 3 is 2.44 bits per heavy atom. The van der Waals surface area contributed by atoms with Crippen LogP contribution in [0.3, 0.4) is 0 Å². The predicted octanol–water partition coefficient (Wildman–Crippen LogP) is 3.99. The normalized spacial score (nSPS) is 14.3. The molecule has 0 amide bonds. The third-order valence-corrected chi connectivity index (χ3v) is 4.74. The second-order valence-electron chi connectivity index (χ2n) is 6.68. The maximum atomic E-state index is 14.0. The largest absolute Gasteiger partial charge is 0.366 e. The third kappa shape index (κ3) is 4.00. The van der Waals surface area contributed by atoms with Gasteiger partial charge in [-0.25, -0.2) is 14.4 Å². The number of para-hydroxylation sites is 1. The molecule has 0 spiro atoms. The Balaban J connectivity index is 1.43. The number of benzene rings is 2. The molecular formula is C21H22FN5. The van der Waals surface area contributed by atoms with Crippen LogP contribution in [0.5, 0.6) is 0 Å². The summed E-state index contributed by atoms with van der Waals surface area (Å²) in [6.45, 7) is 5.15. The van der Waals surface area contributed by atoms with E-state index in [0.29, 0.717) is 5.69 Å². The van der Waals surface area contributed by atoms with Crippen molar-refractivity contribution in [3.05, 3.63) is 72.3 Å². The van der Waals surface area contributed by atoms with Crippen LogP contribution in [-0.4, -0.2) is 36.1 Å². The number of hydrogen-bond acceptors (Lipinski definition) is 5. The highest BCUT2D eigenvalue weighted by atomic mass is 19.1. The summed E-state index contributed by atoms with van der Waals surface area (Å²) in [6.07, 6.45) is 1.58. The first-order valence-electron chi connectivity index (χ1n) is 9.09. The summed E-state index contributed by atoms with van der Waals surface area (Å²) in [5.41, 5.74) is 2.87. The molecular weight excluding hydrogens is 341 g/mol. The number of aryl methyl sites for hydroxylation is 1. The smallest absolute Gasteiger partial charge is 0.146 e. The molecule has 0 aliphatic carbocycles. The van der Waals surface area contributed by atoms with E-state index in [-0.39, 0.29) is 5.82 Å². The molecule has 2 heterocycles. The second kappa shape index (κ2) is 7.61. The molecule has 1 aromatic heterocycles. The molecule has 2 aromatic carbocycles. The van der Waals surface area contributed by atoms with E-state index >= 15 is 0 Å². The summed E-state index contributed by atoms with van der Waals surface area (Å²) < 4.78 is 14.0. The maximum Gasteiger partial charge on any atom is 0.146 e. The van der Waals surface area contributed by atoms with Gasteiger partial charge in [-0.2, -0.15) is 0 Å². The average Bonchev–Trinajstić information content (AvgIpc) is 2.69. The third-order valence-electron chi connectivity index (χ3n) is 4.74. The van der Waals surface area contributed by atoms with Crippen molar-refractivity contribution in [1.82, 2.24) is 9.97 Å². The van der Waals surface area contributed by atoms with E-state index in [2.05, 4.69) is 44.1 Å². The van der Waals surface area contributed by atoms with Crippen molar-refractivity contribution in [2.75, 3.05) is 41.3 Å². The van der Waals surface area contributed by atoms with Crippen molar-refractivity contribution in [3.8, 4) is 0 Å². The predicted molar refractivity (Wildman–Crippen MR) is 107 cm³/mol. The average molecular weight is 363 g/mol. The maximum absolute atomic E-state index is 14.0. The highest BCUT2D eigenvalue weighted by Gasteiger charge is 2.20. The minimum Gasteiger partial charge on any atom is -0.366 e. The first-order valence-corrected chi connectivity index (χ1v) is 9.09. The molecule has 1 aliphatic heterocycles. The molecule has 1 aliphatic rings. The molecule has 4 rings (SSSR count). The number of halogens is 1. The monoisotopic (exact) mass is 363 g/mol. The van der Waals surface area contributed by atoms with E-state index in [1.165, 1.54) is 11.6 Å². The Bertz CT molecular complexity index is 922. The lowest BCUT2D eigenvalue weighted by Gasteiger charge is -2.36. The van der Waals surface area contributed by atoms with Crippen LogP contribution >= 0.6 is 0 Å². The number of piperazine rings is 1. The standard InChI is InChI=1S/C21H22FN5/c1-16-5-4-6-17(13-16)25-20-14-21(24-15-23-20)27-11-9-26(10-12-27)19-8-3-2-7-18(19)22/h2-8,13-15H,9-12H2,1H3,(H,23,24,25). The van der Waals surface area contributed by atoms with Crippen LogP contribution < -0.4 is 15.1 Å². The van der Waals surface area contributed by atoms with Crippen LogP contribution in [-0.2, 0) is 0 Å². The summed E-state index contributed by atoms with van der Waals surface area (Å²) in [5.74, 6) is 1.48. The number of hydrogen-bond donors (Lipinski definition) is 1. The zero-order valence-corrected chi connectivity index (χ0v) is 15.3. The van der Waals surface area contributed by atoms with Crippen LogP contribution in [0.25, 0.3) is 0 Å². The second-order valence-corrected chi connectivity index (χ2v) is 6.68. The van der Waals surface area contributed by atoms with Gasteiger partial charge < -0.3 is 15.1 Å². The minimum absolute atomic E-state index is 0.169. The van der Waals surface area contributed by atoms with Crippen molar-refractivity contribution < 1.29 is 4.39 Å². The minimum atomic E-state index is -0.169. The lowest BCUT2D eigenvalue weighted by atomic mass is 10.2. The molecule has 27 heavy (non-hydrogen) atoms. The van der Waals surface area contributed by atoms with Gasteiger partial charge in [0.1, 0.15) is 23.8 Å². The summed E-state index contributed by atoms with van der Waals surface area (Å²) in [7, 11) is 0. The summed E-state index contributed by atoms with van der Waals surface area (Å²) in [6, 6.07) is 17.1. The molecule has 0 atom stereocenters. The van der Waals surface area contributed by atoms with Gasteiger partial charge in [-0.05, 0) is 36.8 Å². The highest BCUT2D eigenvalue weighted by molar-refractivity contribution is 5.60. The van der Waals surface area contributed by atoms with Crippen LogP contribution in [0.15, 0.2) is 60.9 Å². The molecule has 0 saturated carbocycles. The highest BCUT2D eigenvalue weighted by Crippen LogP contribution is 2.23. The molecule has 1 fully saturated rings. The quantitative estimate of drug-likeness (QED) is 0.759. The van der Waals surface area contributed by atoms with Gasteiger partial charge in [-0.3, -0.25) is 0 Å². The van der Waals surface area contributed by atoms with Crippen molar-refractivity contribution in [2.45, 2.75) is 6.92 Å². The van der Waals surface area contributed by atoms with E-state index in [1.807, 2.05) is 30.3 Å². The Morgan fingerprint density at radius 1 is 0.889 bits per heavy atom. The van der Waals surface area contributed by atoms with Crippen LogP contribution in [0, 0.1) is 12.7 Å². The van der Waals surface area contributed by atoms with Gasteiger partial charge in [0, 0.05) is 37.9 Å². The zero-order chi connectivity index (χ0) is 18.6. The van der Waals surface area contributed by atoms with Crippen molar-refractivity contribution >= 4 is 23.0 Å². The molecule has 0 unspecified atom stereocenters. The molecule has 3 aromatic rings. The SMILES string of the molecule is Cc1cccc(Nc2cc(N3CCN(c4ccccc4F)CC3)ncn2)c1. The fraction of sp³-hybridized carbons (Fsp3) is 0.238. The van der Waals surface area contributed by atoms with Crippen LogP contribution in [0.4, 0.5) is 27.4 Å². The fourth-order valence-corrected chi connectivity index (χ4v) is 3.34. The van der Waals surface area contributed by atoms with Crippen molar-refractivity contribution in [3.63, 3.8) is 0 Å². The van der Waals surface area contributed by atoms with Gasteiger partial charge in [0.2, 0.25) is 0 Å². The Labute approximate surface area is 158 Å². The lowest BCUT2D eigenvalue weighted by Crippen LogP contribution is -2.47. The van der Waals surface area contributed by atoms with Gasteiger partial charge in [0.25, 0.3) is 0 Å². The van der Waals surface area contributed by atoms with E-state index in [9.17, 15) is 4.39 Å². The van der Waals surface area contributed by atoms with Gasteiger partial charge in [0.05, 0.1) is 5.69 Å². The topological polar surface area (TPSA) is 44.3 Å². The van der Waals surface area contributed by atoms with Gasteiger partial charge in [-0.15, -0.1) is 0 Å². The van der Waals surface area contributed by atoms with Crippen molar-refractivity contribution in [2.24, 2.45) is 0 Å². The van der Waals surface area contributed by atoms with Gasteiger partial charge >= 0.3 is 0 Å². The lowest BCUT2D eigenvalue weighted by molar-refractivity contribution is 0.596. The molecule has 0 bridgehead atoms. The molecule has 0 radical (unpaired) electrons. The van der Waals surface area contributed by atoms with Crippen molar-refractivity contribution in [1.29, 1.82) is 0 Å². The molecule has 1 N–H and O–H groups in total. The number of anilines is 4. The van der Waals surface area contributed by atoms with E-state index in [4.69, 9.17) is 0 Å². The molecule has 138 valence electrons. The molecule has 6 heteroatoms. The number of rotatable bonds is 4. The molecule has 5 nitrogen and oxygen atoms in total. The number of nitrogens with one attached hydrogen (secondary N) is 1. The van der Waals surface area contributed by atoms with Gasteiger partial charge in [-0.1, -0.05) is 24.3 Å². The van der Waals surface area contributed by atoms with Gasteiger partial charge in [0.15, 0.2) is 0 Å². The first kappa shape index (κ1) is 17.3. The van der Waals surface area contributed by atoms with E-state index in [0.717, 1.165) is 43.5 Å². The Hall–Kier alpha value is -3.15. The Kier molecular flexibility index (Phi) is 4.87. The summed E-state index contributed by atoms with van der Waals surface area (Å²) >= 11 is 0. The number of aromatic nitrogens is 2.